The van der Waals surface area contributed by atoms with E-state index in [-0.39, 0.29) is 11.8 Å². The van der Waals surface area contributed by atoms with E-state index in [9.17, 15) is 9.59 Å². The van der Waals surface area contributed by atoms with Crippen LogP contribution in [0.25, 0.3) is 0 Å². The Balaban J connectivity index is 1.63. The monoisotopic (exact) mass is 454 g/mol. The number of amides is 2. The molecule has 1 aliphatic rings. The molecule has 0 saturated carbocycles. The van der Waals surface area contributed by atoms with E-state index in [1.54, 1.807) is 49.1 Å². The summed E-state index contributed by atoms with van der Waals surface area (Å²) in [7, 11) is 3.11. The Kier molecular flexibility index (Phi) is 8.20. The van der Waals surface area contributed by atoms with E-state index < -0.39 is 6.10 Å². The summed E-state index contributed by atoms with van der Waals surface area (Å²) in [6.07, 6.45) is 0.109. The van der Waals surface area contributed by atoms with Gasteiger partial charge < -0.3 is 24.0 Å². The average molecular weight is 455 g/mol. The first kappa shape index (κ1) is 24.4. The second-order valence-electron chi connectivity index (χ2n) is 8.49. The molecule has 2 aromatic rings. The van der Waals surface area contributed by atoms with Crippen LogP contribution in [0.1, 0.15) is 49.0 Å². The minimum atomic E-state index is -0.599. The fourth-order valence-electron chi connectivity index (χ4n) is 4.06. The van der Waals surface area contributed by atoms with Crippen molar-refractivity contribution in [2.45, 2.75) is 39.2 Å². The number of carbonyl (C=O) groups is 2. The summed E-state index contributed by atoms with van der Waals surface area (Å²) in [6.45, 7) is 8.11. The topological polar surface area (TPSA) is 68.3 Å². The van der Waals surface area contributed by atoms with Gasteiger partial charge in [0.25, 0.3) is 11.8 Å². The first-order chi connectivity index (χ1) is 15.8. The van der Waals surface area contributed by atoms with Crippen molar-refractivity contribution >= 4 is 11.8 Å². The van der Waals surface area contributed by atoms with Crippen LogP contribution in [-0.4, -0.2) is 68.1 Å². The molecule has 1 saturated heterocycles. The van der Waals surface area contributed by atoms with Gasteiger partial charge in [-0.1, -0.05) is 32.0 Å². The normalized spacial score (nSPS) is 15.1. The summed E-state index contributed by atoms with van der Waals surface area (Å²) < 4.78 is 16.6. The molecule has 0 spiro atoms. The number of rotatable bonds is 7. The van der Waals surface area contributed by atoms with Crippen molar-refractivity contribution in [3.05, 3.63) is 53.6 Å². The van der Waals surface area contributed by atoms with E-state index in [2.05, 4.69) is 13.8 Å². The van der Waals surface area contributed by atoms with Crippen molar-refractivity contribution in [1.82, 2.24) is 9.80 Å². The highest BCUT2D eigenvalue weighted by molar-refractivity contribution is 5.95. The van der Waals surface area contributed by atoms with Gasteiger partial charge in [0, 0.05) is 31.7 Å². The van der Waals surface area contributed by atoms with E-state index in [1.807, 2.05) is 24.3 Å². The number of methoxy groups -OCH3 is 2. The molecule has 1 unspecified atom stereocenters. The van der Waals surface area contributed by atoms with E-state index in [4.69, 9.17) is 14.2 Å². The molecule has 0 aliphatic carbocycles. The van der Waals surface area contributed by atoms with Crippen LogP contribution in [0.3, 0.4) is 0 Å². The molecule has 1 heterocycles. The fourth-order valence-corrected chi connectivity index (χ4v) is 4.06. The van der Waals surface area contributed by atoms with Gasteiger partial charge in [-0.25, -0.2) is 0 Å². The van der Waals surface area contributed by atoms with Crippen molar-refractivity contribution in [3.63, 3.8) is 0 Å². The maximum Gasteiger partial charge on any atom is 0.263 e. The summed E-state index contributed by atoms with van der Waals surface area (Å²) in [5, 5.41) is 0. The highest BCUT2D eigenvalue weighted by Gasteiger charge is 2.27. The zero-order valence-electron chi connectivity index (χ0n) is 20.2. The summed E-state index contributed by atoms with van der Waals surface area (Å²) >= 11 is 0. The van der Waals surface area contributed by atoms with Crippen LogP contribution in [-0.2, 0) is 4.79 Å². The van der Waals surface area contributed by atoms with Gasteiger partial charge >= 0.3 is 0 Å². The lowest BCUT2D eigenvalue weighted by Gasteiger charge is -2.26. The Labute approximate surface area is 196 Å². The predicted molar refractivity (Wildman–Crippen MR) is 127 cm³/mol. The maximum absolute atomic E-state index is 13.1. The molecule has 2 aromatic carbocycles. The number of ether oxygens (including phenoxy) is 3. The molecule has 0 aromatic heterocycles. The van der Waals surface area contributed by atoms with Gasteiger partial charge in [-0.3, -0.25) is 9.59 Å². The second kappa shape index (κ2) is 11.1. The van der Waals surface area contributed by atoms with E-state index >= 15 is 0 Å². The molecule has 1 aliphatic heterocycles. The lowest BCUT2D eigenvalue weighted by molar-refractivity contribution is -0.137. The molecule has 0 N–H and O–H groups in total. The number of carbonyl (C=O) groups excluding carboxylic acids is 2. The average Bonchev–Trinajstić information content (AvgIpc) is 3.09. The van der Waals surface area contributed by atoms with Crippen LogP contribution in [0.4, 0.5) is 0 Å². The van der Waals surface area contributed by atoms with Crippen LogP contribution in [0.5, 0.6) is 17.2 Å². The molecule has 7 nitrogen and oxygen atoms in total. The molecular weight excluding hydrogens is 420 g/mol. The van der Waals surface area contributed by atoms with Gasteiger partial charge in [-0.2, -0.15) is 0 Å². The summed E-state index contributed by atoms with van der Waals surface area (Å²) in [4.78, 5) is 29.8. The summed E-state index contributed by atoms with van der Waals surface area (Å²) in [6, 6.07) is 13.0. The highest BCUT2D eigenvalue weighted by Crippen LogP contribution is 2.29. The Morgan fingerprint density at radius 1 is 0.818 bits per heavy atom. The minimum Gasteiger partial charge on any atom is -0.493 e. The molecule has 178 valence electrons. The zero-order chi connectivity index (χ0) is 24.0. The van der Waals surface area contributed by atoms with Crippen LogP contribution in [0.2, 0.25) is 0 Å². The molecule has 2 amide bonds. The standard InChI is InChI=1S/C26H34N2O5/c1-18(2)21-9-6-7-10-22(21)33-19(3)25(29)27-13-8-14-28(16-15-27)26(30)20-11-12-23(31-4)24(17-20)32-5/h6-7,9-12,17-19H,8,13-16H2,1-5H3. The smallest absolute Gasteiger partial charge is 0.263 e. The van der Waals surface area contributed by atoms with Gasteiger partial charge in [-0.05, 0) is 49.1 Å². The van der Waals surface area contributed by atoms with Gasteiger partial charge in [0.15, 0.2) is 17.6 Å². The predicted octanol–water partition coefficient (Wildman–Crippen LogP) is 3.97. The SMILES string of the molecule is COc1ccc(C(=O)N2CCCN(C(=O)C(C)Oc3ccccc3C(C)C)CC2)cc1OC. The van der Waals surface area contributed by atoms with Crippen molar-refractivity contribution in [2.24, 2.45) is 0 Å². The van der Waals surface area contributed by atoms with Gasteiger partial charge in [-0.15, -0.1) is 0 Å². The van der Waals surface area contributed by atoms with E-state index in [1.165, 1.54) is 0 Å². The molecule has 0 radical (unpaired) electrons. The minimum absolute atomic E-state index is 0.0611. The van der Waals surface area contributed by atoms with Crippen molar-refractivity contribution < 1.29 is 23.8 Å². The third-order valence-electron chi connectivity index (χ3n) is 5.92. The fraction of sp³-hybridized carbons (Fsp3) is 0.462. The van der Waals surface area contributed by atoms with Crippen LogP contribution < -0.4 is 14.2 Å². The third kappa shape index (κ3) is 5.78. The molecule has 1 atom stereocenters. The lowest BCUT2D eigenvalue weighted by atomic mass is 10.0. The van der Waals surface area contributed by atoms with E-state index in [0.717, 1.165) is 11.3 Å². The number of para-hydroxylation sites is 1. The van der Waals surface area contributed by atoms with Crippen LogP contribution in [0.15, 0.2) is 42.5 Å². The Bertz CT molecular complexity index is 975. The van der Waals surface area contributed by atoms with Gasteiger partial charge in [0.05, 0.1) is 14.2 Å². The van der Waals surface area contributed by atoms with Crippen molar-refractivity contribution in [2.75, 3.05) is 40.4 Å². The van der Waals surface area contributed by atoms with Crippen molar-refractivity contribution in [3.8, 4) is 17.2 Å². The molecule has 0 bridgehead atoms. The third-order valence-corrected chi connectivity index (χ3v) is 5.92. The Hall–Kier alpha value is -3.22. The Morgan fingerprint density at radius 3 is 2.18 bits per heavy atom. The first-order valence-corrected chi connectivity index (χ1v) is 11.4. The zero-order valence-corrected chi connectivity index (χ0v) is 20.2. The number of hydrogen-bond acceptors (Lipinski definition) is 5. The number of hydrogen-bond donors (Lipinski definition) is 0. The molecule has 7 heteroatoms. The molecule has 1 fully saturated rings. The first-order valence-electron chi connectivity index (χ1n) is 11.4. The van der Waals surface area contributed by atoms with Crippen LogP contribution in [0, 0.1) is 0 Å². The molecule has 33 heavy (non-hydrogen) atoms. The molecular formula is C26H34N2O5. The number of nitrogens with zero attached hydrogens (tertiary/aromatic N) is 2. The largest absolute Gasteiger partial charge is 0.493 e. The lowest BCUT2D eigenvalue weighted by Crippen LogP contribution is -2.43. The van der Waals surface area contributed by atoms with E-state index in [0.29, 0.717) is 55.6 Å². The highest BCUT2D eigenvalue weighted by atomic mass is 16.5. The van der Waals surface area contributed by atoms with Crippen LogP contribution >= 0.6 is 0 Å². The summed E-state index contributed by atoms with van der Waals surface area (Å²) in [5.74, 6) is 2.00. The van der Waals surface area contributed by atoms with Crippen molar-refractivity contribution in [1.29, 1.82) is 0 Å². The molecule has 3 rings (SSSR count). The van der Waals surface area contributed by atoms with Gasteiger partial charge in [0.1, 0.15) is 5.75 Å². The summed E-state index contributed by atoms with van der Waals surface area (Å²) in [5.41, 5.74) is 1.62. The Morgan fingerprint density at radius 2 is 1.48 bits per heavy atom. The van der Waals surface area contributed by atoms with Gasteiger partial charge in [0.2, 0.25) is 0 Å². The quantitative estimate of drug-likeness (QED) is 0.633. The maximum atomic E-state index is 13.1. The number of benzene rings is 2. The second-order valence-corrected chi connectivity index (χ2v) is 8.49.